The number of hydrogen-bond donors (Lipinski definition) is 2. The van der Waals surface area contributed by atoms with Crippen LogP contribution in [0.1, 0.15) is 25.3 Å². The first-order valence-corrected chi connectivity index (χ1v) is 9.01. The van der Waals surface area contributed by atoms with E-state index in [0.29, 0.717) is 31.7 Å². The van der Waals surface area contributed by atoms with Gasteiger partial charge in [0.25, 0.3) is 0 Å². The zero-order chi connectivity index (χ0) is 18.8. The van der Waals surface area contributed by atoms with Crippen molar-refractivity contribution in [2.45, 2.75) is 38.3 Å². The number of piperazine rings is 1. The van der Waals surface area contributed by atoms with Gasteiger partial charge in [0.15, 0.2) is 11.5 Å². The average molecular weight is 362 g/mol. The Morgan fingerprint density at radius 3 is 2.58 bits per heavy atom. The number of aliphatic hydroxyl groups is 1. The number of carbonyl (C=O) groups excluding carboxylic acids is 2. The van der Waals surface area contributed by atoms with Gasteiger partial charge in [-0.25, -0.2) is 0 Å². The van der Waals surface area contributed by atoms with Crippen molar-refractivity contribution in [3.05, 3.63) is 23.8 Å². The molecule has 0 radical (unpaired) electrons. The molecule has 0 saturated carbocycles. The van der Waals surface area contributed by atoms with Crippen molar-refractivity contribution in [3.8, 4) is 11.5 Å². The molecule has 0 aromatic heterocycles. The maximum atomic E-state index is 12.6. The molecule has 1 aromatic carbocycles. The zero-order valence-electron chi connectivity index (χ0n) is 15.2. The molecule has 2 heterocycles. The highest BCUT2D eigenvalue weighted by atomic mass is 16.5. The summed E-state index contributed by atoms with van der Waals surface area (Å²) < 4.78 is 5.09. The molecule has 3 rings (SSSR count). The maximum Gasteiger partial charge on any atom is 0.228 e. The summed E-state index contributed by atoms with van der Waals surface area (Å²) in [4.78, 5) is 28.6. The van der Waals surface area contributed by atoms with Crippen LogP contribution in [0.15, 0.2) is 18.2 Å². The van der Waals surface area contributed by atoms with Gasteiger partial charge in [-0.1, -0.05) is 13.0 Å². The Kier molecular flexibility index (Phi) is 5.36. The van der Waals surface area contributed by atoms with E-state index in [9.17, 15) is 19.8 Å². The van der Waals surface area contributed by atoms with Crippen LogP contribution < -0.4 is 4.74 Å². The lowest BCUT2D eigenvalue weighted by molar-refractivity contribution is -0.142. The minimum absolute atomic E-state index is 0.0247. The van der Waals surface area contributed by atoms with Crippen LogP contribution in [-0.4, -0.2) is 70.7 Å². The first-order chi connectivity index (χ1) is 12.4. The van der Waals surface area contributed by atoms with Crippen LogP contribution in [0.25, 0.3) is 0 Å². The van der Waals surface area contributed by atoms with Crippen LogP contribution in [0.3, 0.4) is 0 Å². The van der Waals surface area contributed by atoms with Gasteiger partial charge >= 0.3 is 0 Å². The van der Waals surface area contributed by atoms with Crippen LogP contribution in [-0.2, 0) is 16.0 Å². The smallest absolute Gasteiger partial charge is 0.228 e. The largest absolute Gasteiger partial charge is 0.504 e. The summed E-state index contributed by atoms with van der Waals surface area (Å²) in [6.07, 6.45) is 1.79. The minimum Gasteiger partial charge on any atom is -0.504 e. The summed E-state index contributed by atoms with van der Waals surface area (Å²) in [7, 11) is 1.50. The van der Waals surface area contributed by atoms with Gasteiger partial charge in [0.2, 0.25) is 11.8 Å². The number of methoxy groups -OCH3 is 1. The Labute approximate surface area is 153 Å². The van der Waals surface area contributed by atoms with Crippen LogP contribution in [0.5, 0.6) is 11.5 Å². The number of aromatic hydroxyl groups is 1. The molecule has 2 amide bonds. The first-order valence-electron chi connectivity index (χ1n) is 9.01. The number of ether oxygens (including phenoxy) is 1. The zero-order valence-corrected chi connectivity index (χ0v) is 15.2. The van der Waals surface area contributed by atoms with E-state index >= 15 is 0 Å². The quantitative estimate of drug-likeness (QED) is 0.780. The Balaban J connectivity index is 1.54. The Bertz CT molecular complexity index is 693. The van der Waals surface area contributed by atoms with Gasteiger partial charge in [0.1, 0.15) is 0 Å². The number of aliphatic hydroxyl groups excluding tert-OH is 1. The molecule has 2 fully saturated rings. The first kappa shape index (κ1) is 18.5. The number of hydrogen-bond acceptors (Lipinski definition) is 5. The second-order valence-corrected chi connectivity index (χ2v) is 7.17. The molecule has 26 heavy (non-hydrogen) atoms. The molecular weight excluding hydrogens is 336 g/mol. The fourth-order valence-corrected chi connectivity index (χ4v) is 3.88. The molecule has 3 atom stereocenters. The van der Waals surface area contributed by atoms with Gasteiger partial charge in [-0.3, -0.25) is 9.59 Å². The number of phenols is 1. The molecule has 2 aliphatic heterocycles. The molecule has 1 aromatic rings. The third-order valence-corrected chi connectivity index (χ3v) is 5.41. The van der Waals surface area contributed by atoms with Gasteiger partial charge in [-0.2, -0.15) is 0 Å². The molecule has 1 unspecified atom stereocenters. The van der Waals surface area contributed by atoms with E-state index in [0.717, 1.165) is 12.0 Å². The van der Waals surface area contributed by atoms with Gasteiger partial charge in [-0.05, 0) is 30.5 Å². The third kappa shape index (κ3) is 3.49. The van der Waals surface area contributed by atoms with E-state index < -0.39 is 0 Å². The molecule has 2 N–H and O–H groups in total. The highest BCUT2D eigenvalue weighted by Gasteiger charge is 2.47. The van der Waals surface area contributed by atoms with Crippen LogP contribution in [0.2, 0.25) is 0 Å². The summed E-state index contributed by atoms with van der Waals surface area (Å²) in [5.41, 5.74) is 0.936. The monoisotopic (exact) mass is 362 g/mol. The molecule has 7 nitrogen and oxygen atoms in total. The molecule has 7 heteroatoms. The number of likely N-dealkylation sites (tertiary alicyclic amines) is 2. The number of benzene rings is 1. The van der Waals surface area contributed by atoms with E-state index in [-0.39, 0.29) is 42.2 Å². The number of rotatable bonds is 6. The van der Waals surface area contributed by atoms with Gasteiger partial charge in [0, 0.05) is 19.5 Å². The Hall–Kier alpha value is -2.28. The van der Waals surface area contributed by atoms with E-state index in [4.69, 9.17) is 4.74 Å². The topological polar surface area (TPSA) is 90.3 Å². The van der Waals surface area contributed by atoms with E-state index in [1.165, 1.54) is 7.11 Å². The fourth-order valence-electron chi connectivity index (χ4n) is 3.88. The molecule has 2 bridgehead atoms. The van der Waals surface area contributed by atoms with Crippen LogP contribution >= 0.6 is 0 Å². The lowest BCUT2D eigenvalue weighted by Crippen LogP contribution is -2.52. The Morgan fingerprint density at radius 1 is 1.27 bits per heavy atom. The van der Waals surface area contributed by atoms with E-state index in [2.05, 4.69) is 0 Å². The summed E-state index contributed by atoms with van der Waals surface area (Å²) >= 11 is 0. The number of aryl methyl sites for hydroxylation is 1. The molecular formula is C19H26N2O5. The van der Waals surface area contributed by atoms with Crippen molar-refractivity contribution in [2.24, 2.45) is 5.92 Å². The van der Waals surface area contributed by atoms with E-state index in [1.54, 1.807) is 25.1 Å². The number of nitrogens with zero attached hydrogens (tertiary/aromatic N) is 2. The molecule has 0 spiro atoms. The van der Waals surface area contributed by atoms with Gasteiger partial charge in [-0.15, -0.1) is 0 Å². The summed E-state index contributed by atoms with van der Waals surface area (Å²) in [5, 5.41) is 18.8. The van der Waals surface area contributed by atoms with Gasteiger partial charge < -0.3 is 24.7 Å². The fraction of sp³-hybridized carbons (Fsp3) is 0.579. The molecule has 142 valence electrons. The molecule has 2 aliphatic rings. The van der Waals surface area contributed by atoms with Crippen LogP contribution in [0, 0.1) is 5.92 Å². The number of fused-ring (bicyclic) bond motifs is 2. The van der Waals surface area contributed by atoms with Crippen molar-refractivity contribution in [1.82, 2.24) is 9.80 Å². The normalized spacial score (nSPS) is 22.6. The summed E-state index contributed by atoms with van der Waals surface area (Å²) in [6.45, 7) is 2.72. The standard InChI is InChI=1S/C19H26N2O5/c1-12(11-22)19(25)21-10-14-8-15(21)9-20(14)18(24)6-4-13-3-5-16(23)17(7-13)26-2/h3,5,7,12,14-15,22-23H,4,6,8-11H2,1-2H3/t12?,14-,15-/m0/s1. The predicted molar refractivity (Wildman–Crippen MR) is 94.8 cm³/mol. The molecule has 0 aliphatic carbocycles. The summed E-state index contributed by atoms with van der Waals surface area (Å²) in [5.74, 6) is 0.168. The number of phenolic OH excluding ortho intramolecular Hbond substituents is 1. The Morgan fingerprint density at radius 2 is 1.96 bits per heavy atom. The highest BCUT2D eigenvalue weighted by Crippen LogP contribution is 2.32. The lowest BCUT2D eigenvalue weighted by atomic mass is 10.1. The predicted octanol–water partition coefficient (Wildman–Crippen LogP) is 0.774. The molecule has 2 saturated heterocycles. The highest BCUT2D eigenvalue weighted by molar-refractivity contribution is 5.81. The number of amides is 2. The average Bonchev–Trinajstić information content (AvgIpc) is 3.26. The van der Waals surface area contributed by atoms with Crippen molar-refractivity contribution in [2.75, 3.05) is 26.8 Å². The van der Waals surface area contributed by atoms with E-state index in [1.807, 2.05) is 9.80 Å². The third-order valence-electron chi connectivity index (χ3n) is 5.41. The van der Waals surface area contributed by atoms with Crippen molar-refractivity contribution in [3.63, 3.8) is 0 Å². The minimum atomic E-state index is -0.386. The van der Waals surface area contributed by atoms with Crippen molar-refractivity contribution < 1.29 is 24.5 Å². The SMILES string of the molecule is COc1cc(CCC(=O)N2C[C@@H]3C[C@H]2CN3C(=O)C(C)CO)ccc1O. The second-order valence-electron chi connectivity index (χ2n) is 7.17. The van der Waals surface area contributed by atoms with Crippen molar-refractivity contribution >= 4 is 11.8 Å². The van der Waals surface area contributed by atoms with Crippen LogP contribution in [0.4, 0.5) is 0 Å². The number of carbonyl (C=O) groups is 2. The maximum absolute atomic E-state index is 12.6. The lowest BCUT2D eigenvalue weighted by Gasteiger charge is -2.35. The van der Waals surface area contributed by atoms with Crippen molar-refractivity contribution in [1.29, 1.82) is 0 Å². The van der Waals surface area contributed by atoms with Gasteiger partial charge in [0.05, 0.1) is 31.7 Å². The second kappa shape index (κ2) is 7.53. The summed E-state index contributed by atoms with van der Waals surface area (Å²) in [6, 6.07) is 5.26.